The van der Waals surface area contributed by atoms with E-state index in [2.05, 4.69) is 16.4 Å². The van der Waals surface area contributed by atoms with Gasteiger partial charge in [-0.05, 0) is 54.8 Å². The van der Waals surface area contributed by atoms with Gasteiger partial charge in [0.25, 0.3) is 0 Å². The van der Waals surface area contributed by atoms with Crippen LogP contribution in [0.15, 0.2) is 64.9 Å². The van der Waals surface area contributed by atoms with Gasteiger partial charge in [-0.1, -0.05) is 23.7 Å². The minimum Gasteiger partial charge on any atom is -0.458 e. The number of hydrogen-bond donors (Lipinski definition) is 1. The maximum absolute atomic E-state index is 11.8. The number of benzene rings is 1. The molecule has 1 aliphatic heterocycles. The number of carbonyl (C=O) groups excluding carboxylic acids is 1. The van der Waals surface area contributed by atoms with Crippen molar-refractivity contribution in [2.75, 3.05) is 6.54 Å². The molecule has 1 unspecified atom stereocenters. The molecule has 2 aliphatic carbocycles. The number of amides is 1. The van der Waals surface area contributed by atoms with Gasteiger partial charge in [0.15, 0.2) is 0 Å². The number of amidine groups is 1. The standard InChI is InChI=1S/C19H17ClN2O2/c20-15-2-1-3-16(10-15)24-17-7-6-13-9-18(21-11-14(13)8-17)22-19(23)12-4-5-12/h1-3,6-10,12,14H,4-5,11H2,(H,21,22,23). The normalized spacial score (nSPS) is 22.0. The molecule has 0 radical (unpaired) electrons. The van der Waals surface area contributed by atoms with Gasteiger partial charge in [0.2, 0.25) is 5.91 Å². The van der Waals surface area contributed by atoms with Gasteiger partial charge < -0.3 is 10.1 Å². The molecule has 5 heteroatoms. The van der Waals surface area contributed by atoms with Crippen molar-refractivity contribution in [2.45, 2.75) is 12.8 Å². The van der Waals surface area contributed by atoms with Gasteiger partial charge >= 0.3 is 0 Å². The lowest BCUT2D eigenvalue weighted by Gasteiger charge is -2.22. The Hall–Kier alpha value is -2.33. The molecule has 1 saturated carbocycles. The monoisotopic (exact) mass is 340 g/mol. The second kappa shape index (κ2) is 6.29. The van der Waals surface area contributed by atoms with Crippen LogP contribution in [0.25, 0.3) is 0 Å². The van der Waals surface area contributed by atoms with Crippen LogP contribution in [0.5, 0.6) is 5.75 Å². The third kappa shape index (κ3) is 3.44. The minimum atomic E-state index is 0.0874. The Kier molecular flexibility index (Phi) is 3.98. The SMILES string of the molecule is O=C(NC1=NCC2C=C(Oc3cccc(Cl)c3)C=CC2=C1)C1CC1. The van der Waals surface area contributed by atoms with Gasteiger partial charge in [0, 0.05) is 16.9 Å². The van der Waals surface area contributed by atoms with Crippen molar-refractivity contribution >= 4 is 23.3 Å². The molecule has 0 aromatic heterocycles. The molecule has 4 rings (SSSR count). The number of dihydropyridines is 1. The molecule has 0 bridgehead atoms. The van der Waals surface area contributed by atoms with Crippen molar-refractivity contribution in [3.05, 3.63) is 64.9 Å². The van der Waals surface area contributed by atoms with Gasteiger partial charge in [-0.25, -0.2) is 0 Å². The number of aliphatic imine (C=N–C) groups is 1. The number of hydrogen-bond acceptors (Lipinski definition) is 3. The van der Waals surface area contributed by atoms with Crippen LogP contribution in [0.3, 0.4) is 0 Å². The zero-order chi connectivity index (χ0) is 16.5. The molecular weight excluding hydrogens is 324 g/mol. The molecule has 24 heavy (non-hydrogen) atoms. The Bertz CT molecular complexity index is 803. The quantitative estimate of drug-likeness (QED) is 0.913. The van der Waals surface area contributed by atoms with E-state index in [1.165, 1.54) is 0 Å². The summed E-state index contributed by atoms with van der Waals surface area (Å²) in [5.41, 5.74) is 1.13. The highest BCUT2D eigenvalue weighted by Crippen LogP contribution is 2.30. The summed E-state index contributed by atoms with van der Waals surface area (Å²) in [6, 6.07) is 7.33. The van der Waals surface area contributed by atoms with E-state index in [9.17, 15) is 4.79 Å². The van der Waals surface area contributed by atoms with E-state index < -0.39 is 0 Å². The minimum absolute atomic E-state index is 0.0874. The fourth-order valence-corrected chi connectivity index (χ4v) is 2.93. The van der Waals surface area contributed by atoms with Crippen LogP contribution in [-0.2, 0) is 4.79 Å². The third-order valence-electron chi connectivity index (χ3n) is 4.23. The van der Waals surface area contributed by atoms with Crippen molar-refractivity contribution in [3.8, 4) is 5.75 Å². The zero-order valence-corrected chi connectivity index (χ0v) is 13.8. The number of halogens is 1. The second-order valence-corrected chi connectivity index (χ2v) is 6.64. The van der Waals surface area contributed by atoms with E-state index in [1.54, 1.807) is 6.07 Å². The van der Waals surface area contributed by atoms with Crippen LogP contribution >= 0.6 is 11.6 Å². The summed E-state index contributed by atoms with van der Waals surface area (Å²) in [7, 11) is 0. The van der Waals surface area contributed by atoms with E-state index in [1.807, 2.05) is 36.4 Å². The van der Waals surface area contributed by atoms with Gasteiger partial charge in [0.1, 0.15) is 17.3 Å². The van der Waals surface area contributed by atoms with E-state index in [0.717, 1.165) is 24.2 Å². The van der Waals surface area contributed by atoms with E-state index >= 15 is 0 Å². The Morgan fingerprint density at radius 3 is 2.96 bits per heavy atom. The van der Waals surface area contributed by atoms with Crippen molar-refractivity contribution in [1.82, 2.24) is 5.32 Å². The summed E-state index contributed by atoms with van der Waals surface area (Å²) >= 11 is 5.98. The van der Waals surface area contributed by atoms with E-state index in [4.69, 9.17) is 16.3 Å². The largest absolute Gasteiger partial charge is 0.458 e. The van der Waals surface area contributed by atoms with Crippen molar-refractivity contribution < 1.29 is 9.53 Å². The highest BCUT2D eigenvalue weighted by Gasteiger charge is 2.30. The van der Waals surface area contributed by atoms with E-state index in [0.29, 0.717) is 23.2 Å². The molecule has 1 aromatic rings. The number of allylic oxidation sites excluding steroid dienone is 2. The molecule has 1 aromatic carbocycles. The summed E-state index contributed by atoms with van der Waals surface area (Å²) in [6.07, 6.45) is 9.92. The first-order valence-corrected chi connectivity index (χ1v) is 8.45. The Morgan fingerprint density at radius 1 is 1.29 bits per heavy atom. The second-order valence-electron chi connectivity index (χ2n) is 6.20. The maximum atomic E-state index is 11.8. The van der Waals surface area contributed by atoms with Crippen LogP contribution < -0.4 is 10.1 Å². The average molecular weight is 341 g/mol. The van der Waals surface area contributed by atoms with Crippen LogP contribution in [0.4, 0.5) is 0 Å². The molecule has 1 fully saturated rings. The maximum Gasteiger partial charge on any atom is 0.228 e. The summed E-state index contributed by atoms with van der Waals surface area (Å²) < 4.78 is 5.86. The molecule has 4 nitrogen and oxygen atoms in total. The van der Waals surface area contributed by atoms with Crippen molar-refractivity contribution in [1.29, 1.82) is 0 Å². The smallest absolute Gasteiger partial charge is 0.228 e. The molecule has 1 amide bonds. The number of rotatable bonds is 3. The lowest BCUT2D eigenvalue weighted by molar-refractivity contribution is -0.120. The Morgan fingerprint density at radius 2 is 2.17 bits per heavy atom. The van der Waals surface area contributed by atoms with Crippen LogP contribution in [0.2, 0.25) is 5.02 Å². The van der Waals surface area contributed by atoms with E-state index in [-0.39, 0.29) is 17.7 Å². The summed E-state index contributed by atoms with van der Waals surface area (Å²) in [6.45, 7) is 0.610. The molecular formula is C19H17ClN2O2. The van der Waals surface area contributed by atoms with Gasteiger partial charge in [-0.15, -0.1) is 0 Å². The number of fused-ring (bicyclic) bond motifs is 1. The number of nitrogens with one attached hydrogen (secondary N) is 1. The molecule has 1 atom stereocenters. The molecule has 1 heterocycles. The topological polar surface area (TPSA) is 50.7 Å². The van der Waals surface area contributed by atoms with Crippen LogP contribution in [-0.4, -0.2) is 18.3 Å². The van der Waals surface area contributed by atoms with Crippen molar-refractivity contribution in [2.24, 2.45) is 16.8 Å². The summed E-state index contributed by atoms with van der Waals surface area (Å²) in [4.78, 5) is 16.3. The lowest BCUT2D eigenvalue weighted by atomic mass is 9.91. The highest BCUT2D eigenvalue weighted by atomic mass is 35.5. The first-order chi connectivity index (χ1) is 11.7. The summed E-state index contributed by atoms with van der Waals surface area (Å²) in [5, 5.41) is 3.55. The molecule has 0 saturated heterocycles. The number of carbonyl (C=O) groups is 1. The first-order valence-electron chi connectivity index (χ1n) is 8.07. The van der Waals surface area contributed by atoms with Gasteiger partial charge in [-0.3, -0.25) is 9.79 Å². The summed E-state index contributed by atoms with van der Waals surface area (Å²) in [5.74, 6) is 2.59. The number of ether oxygens (including phenoxy) is 1. The van der Waals surface area contributed by atoms with Crippen molar-refractivity contribution in [3.63, 3.8) is 0 Å². The predicted molar refractivity (Wildman–Crippen MR) is 94.0 cm³/mol. The lowest BCUT2D eigenvalue weighted by Crippen LogP contribution is -2.33. The molecule has 0 spiro atoms. The van der Waals surface area contributed by atoms with Gasteiger partial charge in [0.05, 0.1) is 6.54 Å². The third-order valence-corrected chi connectivity index (χ3v) is 4.46. The first kappa shape index (κ1) is 15.2. The predicted octanol–water partition coefficient (Wildman–Crippen LogP) is 3.65. The fourth-order valence-electron chi connectivity index (χ4n) is 2.75. The highest BCUT2D eigenvalue weighted by molar-refractivity contribution is 6.30. The molecule has 1 N–H and O–H groups in total. The Labute approximate surface area is 145 Å². The van der Waals surface area contributed by atoms with Crippen LogP contribution in [0, 0.1) is 11.8 Å². The molecule has 122 valence electrons. The molecule has 3 aliphatic rings. The average Bonchev–Trinajstić information content (AvgIpc) is 3.40. The van der Waals surface area contributed by atoms with Gasteiger partial charge in [-0.2, -0.15) is 0 Å². The Balaban J connectivity index is 1.43. The zero-order valence-electron chi connectivity index (χ0n) is 13.0. The number of nitrogens with zero attached hydrogens (tertiary/aromatic N) is 1. The van der Waals surface area contributed by atoms with Crippen LogP contribution in [0.1, 0.15) is 12.8 Å². The fraction of sp³-hybridized carbons (Fsp3) is 0.263.